The molecule has 4 aromatic rings. The zero-order valence-corrected chi connectivity index (χ0v) is 24.1. The Labute approximate surface area is 222 Å². The van der Waals surface area contributed by atoms with Crippen molar-refractivity contribution in [2.24, 2.45) is 0 Å². The Morgan fingerprint density at radius 3 is 0.757 bits per heavy atom. The van der Waals surface area contributed by atoms with Gasteiger partial charge in [-0.05, 0) is 102 Å². The minimum absolute atomic E-state index is 0.663. The van der Waals surface area contributed by atoms with Crippen LogP contribution >= 0.6 is 0 Å². The lowest BCUT2D eigenvalue weighted by Crippen LogP contribution is -2.61. The predicted molar refractivity (Wildman–Crippen MR) is 152 cm³/mol. The van der Waals surface area contributed by atoms with E-state index in [4.69, 9.17) is 17.7 Å². The first-order valence-electron chi connectivity index (χ1n) is 12.6. The van der Waals surface area contributed by atoms with Gasteiger partial charge in [0.1, 0.15) is 23.0 Å². The molecule has 0 saturated heterocycles. The van der Waals surface area contributed by atoms with Crippen LogP contribution in [0.2, 0.25) is 0 Å². The molecule has 0 aliphatic heterocycles. The highest BCUT2D eigenvalue weighted by molar-refractivity contribution is 6.57. The molecule has 0 N–H and O–H groups in total. The van der Waals surface area contributed by atoms with E-state index in [1.165, 1.54) is 0 Å². The molecular formula is C32H36O4Si. The highest BCUT2D eigenvalue weighted by atomic mass is 28.4. The van der Waals surface area contributed by atoms with E-state index >= 15 is 0 Å². The average Bonchev–Trinajstić information content (AvgIpc) is 2.82. The lowest BCUT2D eigenvalue weighted by Gasteiger charge is -2.30. The average molecular weight is 513 g/mol. The fourth-order valence-corrected chi connectivity index (χ4v) is 6.56. The topological polar surface area (TPSA) is 36.9 Å². The van der Waals surface area contributed by atoms with Crippen LogP contribution in [-0.4, -0.2) is 9.05 Å². The largest absolute Gasteiger partial charge is 0.966 e. The molecule has 0 radical (unpaired) electrons. The van der Waals surface area contributed by atoms with Gasteiger partial charge in [0.2, 0.25) is 0 Å². The fraction of sp³-hybridized carbons (Fsp3) is 0.250. The quantitative estimate of drug-likeness (QED) is 0.223. The van der Waals surface area contributed by atoms with Crippen molar-refractivity contribution in [2.75, 3.05) is 0 Å². The Balaban J connectivity index is 1.89. The van der Waals surface area contributed by atoms with Gasteiger partial charge >= 0.3 is 9.05 Å². The van der Waals surface area contributed by atoms with E-state index in [0.717, 1.165) is 44.5 Å². The van der Waals surface area contributed by atoms with Gasteiger partial charge < -0.3 is 17.7 Å². The standard InChI is InChI=1S/C32H36O4Si/c1-21-9-13-29(25(5)17-21)33-37(34-30-14-10-22(2)18-26(30)6,35-31-15-11-23(3)19-27(31)7)36-32-16-12-24(4)20-28(32)8/h9-20H,1-8H3. The normalized spacial score (nSPS) is 11.2. The van der Waals surface area contributed by atoms with E-state index in [2.05, 4.69) is 52.0 Å². The molecule has 192 valence electrons. The zero-order valence-electron chi connectivity index (χ0n) is 23.1. The highest BCUT2D eigenvalue weighted by Gasteiger charge is 2.59. The van der Waals surface area contributed by atoms with Crippen molar-refractivity contribution in [2.45, 2.75) is 55.4 Å². The van der Waals surface area contributed by atoms with Crippen LogP contribution in [0.3, 0.4) is 0 Å². The number of hydrogen-bond acceptors (Lipinski definition) is 4. The van der Waals surface area contributed by atoms with Crippen LogP contribution < -0.4 is 17.7 Å². The van der Waals surface area contributed by atoms with E-state index in [9.17, 15) is 0 Å². The molecule has 0 aliphatic rings. The Bertz CT molecular complexity index is 1210. The third kappa shape index (κ3) is 6.36. The second-order valence-electron chi connectivity index (χ2n) is 9.98. The van der Waals surface area contributed by atoms with Crippen molar-refractivity contribution < 1.29 is 17.7 Å². The summed E-state index contributed by atoms with van der Waals surface area (Å²) < 4.78 is 26.9. The SMILES string of the molecule is Cc1ccc(O[Si](Oc2ccc(C)cc2C)(Oc2ccc(C)cc2C)Oc2ccc(C)cc2C)c(C)c1. The van der Waals surface area contributed by atoms with E-state index in [0.29, 0.717) is 23.0 Å². The van der Waals surface area contributed by atoms with Gasteiger partial charge in [-0.15, -0.1) is 0 Å². The summed E-state index contributed by atoms with van der Waals surface area (Å²) in [5.41, 5.74) is 8.53. The second-order valence-corrected chi connectivity index (χ2v) is 11.8. The maximum atomic E-state index is 6.73. The van der Waals surface area contributed by atoms with Gasteiger partial charge in [-0.25, -0.2) is 0 Å². The number of rotatable bonds is 8. The Hall–Kier alpha value is -3.70. The summed E-state index contributed by atoms with van der Waals surface area (Å²) in [6.07, 6.45) is 0. The third-order valence-electron chi connectivity index (χ3n) is 6.26. The third-order valence-corrected chi connectivity index (χ3v) is 8.14. The molecular weight excluding hydrogens is 476 g/mol. The molecule has 0 heterocycles. The van der Waals surface area contributed by atoms with Gasteiger partial charge in [-0.1, -0.05) is 70.8 Å². The van der Waals surface area contributed by atoms with Crippen molar-refractivity contribution in [3.05, 3.63) is 117 Å². The van der Waals surface area contributed by atoms with Crippen LogP contribution in [0.15, 0.2) is 72.8 Å². The summed E-state index contributed by atoms with van der Waals surface area (Å²) in [6.45, 7) is 16.3. The van der Waals surface area contributed by atoms with Crippen molar-refractivity contribution in [3.8, 4) is 23.0 Å². The summed E-state index contributed by atoms with van der Waals surface area (Å²) in [4.78, 5) is 0. The van der Waals surface area contributed by atoms with Crippen LogP contribution in [0.4, 0.5) is 0 Å². The van der Waals surface area contributed by atoms with Gasteiger partial charge in [0.05, 0.1) is 0 Å². The van der Waals surface area contributed by atoms with Gasteiger partial charge in [0.25, 0.3) is 0 Å². The molecule has 0 amide bonds. The van der Waals surface area contributed by atoms with E-state index < -0.39 is 9.05 Å². The molecule has 4 nitrogen and oxygen atoms in total. The van der Waals surface area contributed by atoms with Crippen molar-refractivity contribution in [1.29, 1.82) is 0 Å². The Kier molecular flexibility index (Phi) is 7.65. The minimum atomic E-state index is -3.95. The number of aryl methyl sites for hydroxylation is 8. The monoisotopic (exact) mass is 512 g/mol. The van der Waals surface area contributed by atoms with Crippen molar-refractivity contribution in [3.63, 3.8) is 0 Å². The van der Waals surface area contributed by atoms with E-state index in [-0.39, 0.29) is 0 Å². The van der Waals surface area contributed by atoms with E-state index in [1.807, 2.05) is 76.2 Å². The second kappa shape index (κ2) is 10.7. The molecule has 0 aromatic heterocycles. The minimum Gasteiger partial charge on any atom is -0.452 e. The van der Waals surface area contributed by atoms with Crippen LogP contribution in [0.5, 0.6) is 23.0 Å². The van der Waals surface area contributed by atoms with E-state index in [1.54, 1.807) is 0 Å². The Morgan fingerprint density at radius 2 is 0.568 bits per heavy atom. The van der Waals surface area contributed by atoms with Gasteiger partial charge in [0.15, 0.2) is 0 Å². The molecule has 37 heavy (non-hydrogen) atoms. The summed E-state index contributed by atoms with van der Waals surface area (Å²) in [5, 5.41) is 0. The van der Waals surface area contributed by atoms with Crippen LogP contribution in [0, 0.1) is 55.4 Å². The molecule has 0 saturated carbocycles. The summed E-state index contributed by atoms with van der Waals surface area (Å²) in [5.74, 6) is 2.65. The summed E-state index contributed by atoms with van der Waals surface area (Å²) in [7, 11) is -3.95. The Morgan fingerprint density at radius 1 is 0.351 bits per heavy atom. The van der Waals surface area contributed by atoms with Gasteiger partial charge in [-0.2, -0.15) is 0 Å². The lowest BCUT2D eigenvalue weighted by molar-refractivity contribution is 0.159. The molecule has 0 unspecified atom stereocenters. The molecule has 0 aliphatic carbocycles. The van der Waals surface area contributed by atoms with Gasteiger partial charge in [-0.3, -0.25) is 0 Å². The maximum Gasteiger partial charge on any atom is 0.966 e. The summed E-state index contributed by atoms with van der Waals surface area (Å²) in [6, 6.07) is 24.2. The first-order valence-corrected chi connectivity index (χ1v) is 14.2. The molecule has 4 rings (SSSR count). The zero-order chi connectivity index (χ0) is 26.7. The lowest BCUT2D eigenvalue weighted by atomic mass is 10.1. The smallest absolute Gasteiger partial charge is 0.452 e. The molecule has 0 atom stereocenters. The fourth-order valence-electron chi connectivity index (χ4n) is 4.32. The van der Waals surface area contributed by atoms with Crippen LogP contribution in [0.1, 0.15) is 44.5 Å². The first kappa shape index (κ1) is 26.4. The predicted octanol–water partition coefficient (Wildman–Crippen LogP) is 8.21. The first-order chi connectivity index (χ1) is 17.5. The van der Waals surface area contributed by atoms with Crippen molar-refractivity contribution in [1.82, 2.24) is 0 Å². The molecule has 0 fully saturated rings. The summed E-state index contributed by atoms with van der Waals surface area (Å²) >= 11 is 0. The number of hydrogen-bond donors (Lipinski definition) is 0. The van der Waals surface area contributed by atoms with Gasteiger partial charge in [0, 0.05) is 0 Å². The number of benzene rings is 4. The molecule has 0 bridgehead atoms. The maximum absolute atomic E-state index is 6.73. The van der Waals surface area contributed by atoms with Crippen LogP contribution in [0.25, 0.3) is 0 Å². The van der Waals surface area contributed by atoms with Crippen LogP contribution in [-0.2, 0) is 0 Å². The molecule has 4 aromatic carbocycles. The molecule has 5 heteroatoms. The molecule has 0 spiro atoms. The van der Waals surface area contributed by atoms with Crippen molar-refractivity contribution >= 4 is 9.05 Å². The highest BCUT2D eigenvalue weighted by Crippen LogP contribution is 2.33.